The number of rotatable bonds is 1. The molecule has 0 radical (unpaired) electrons. The van der Waals surface area contributed by atoms with Crippen LogP contribution in [0.2, 0.25) is 0 Å². The Morgan fingerprint density at radius 3 is 2.56 bits per heavy atom. The molecule has 1 aliphatic rings. The second kappa shape index (κ2) is 4.67. The number of aryl methyl sites for hydroxylation is 2. The Labute approximate surface area is 111 Å². The molecular weight excluding hydrogens is 222 g/mol. The molecule has 1 aromatic carbocycles. The van der Waals surface area contributed by atoms with Crippen molar-refractivity contribution in [2.75, 3.05) is 13.6 Å². The van der Waals surface area contributed by atoms with Crippen molar-refractivity contribution in [2.45, 2.75) is 45.8 Å². The number of nitrogens with one attached hydrogen (secondary N) is 1. The van der Waals surface area contributed by atoms with Gasteiger partial charge in [0.1, 0.15) is 5.60 Å². The van der Waals surface area contributed by atoms with E-state index in [2.05, 4.69) is 52.9 Å². The van der Waals surface area contributed by atoms with E-state index in [-0.39, 0.29) is 0 Å². The van der Waals surface area contributed by atoms with Gasteiger partial charge in [0.05, 0.1) is 19.6 Å². The lowest BCUT2D eigenvalue weighted by Gasteiger charge is -2.44. The number of hydrogen-bond acceptors (Lipinski definition) is 1. The molecule has 0 aliphatic carbocycles. The van der Waals surface area contributed by atoms with Crippen LogP contribution in [0.15, 0.2) is 18.2 Å². The molecule has 0 spiro atoms. The third kappa shape index (κ3) is 2.19. The summed E-state index contributed by atoms with van der Waals surface area (Å²) in [4.78, 5) is 1.52. The molecule has 2 heteroatoms. The Bertz CT molecular complexity index is 443. The summed E-state index contributed by atoms with van der Waals surface area (Å²) in [5.41, 5.74) is 2.95. The molecule has 0 amide bonds. The normalized spacial score (nSPS) is 36.7. The van der Waals surface area contributed by atoms with Crippen LogP contribution in [0, 0.1) is 19.8 Å². The molecule has 18 heavy (non-hydrogen) atoms. The van der Waals surface area contributed by atoms with E-state index in [1.54, 1.807) is 0 Å². The third-order valence-corrected chi connectivity index (χ3v) is 4.75. The second-order valence-electron chi connectivity index (χ2n) is 6.30. The summed E-state index contributed by atoms with van der Waals surface area (Å²) in [6.45, 7) is 9.66. The zero-order valence-corrected chi connectivity index (χ0v) is 12.2. The molecule has 2 rings (SSSR count). The lowest BCUT2D eigenvalue weighted by Crippen LogP contribution is -3.15. The molecule has 0 bridgehead atoms. The van der Waals surface area contributed by atoms with Crippen molar-refractivity contribution in [3.63, 3.8) is 0 Å². The average Bonchev–Trinajstić information content (AvgIpc) is 2.26. The van der Waals surface area contributed by atoms with Gasteiger partial charge in [-0.05, 0) is 31.9 Å². The van der Waals surface area contributed by atoms with E-state index >= 15 is 0 Å². The van der Waals surface area contributed by atoms with Crippen molar-refractivity contribution in [2.24, 2.45) is 5.92 Å². The number of hydrogen-bond donors (Lipinski definition) is 2. The Balaban J connectivity index is 2.40. The van der Waals surface area contributed by atoms with E-state index in [0.29, 0.717) is 12.0 Å². The zero-order chi connectivity index (χ0) is 13.5. The van der Waals surface area contributed by atoms with Crippen molar-refractivity contribution in [1.29, 1.82) is 0 Å². The zero-order valence-electron chi connectivity index (χ0n) is 12.2. The average molecular weight is 248 g/mol. The highest BCUT2D eigenvalue weighted by molar-refractivity contribution is 5.35. The first-order valence-corrected chi connectivity index (χ1v) is 6.97. The first kappa shape index (κ1) is 13.6. The number of likely N-dealkylation sites (tertiary alicyclic amines) is 1. The Morgan fingerprint density at radius 1 is 1.28 bits per heavy atom. The maximum atomic E-state index is 11.2. The van der Waals surface area contributed by atoms with Crippen LogP contribution in [0.1, 0.15) is 37.0 Å². The predicted octanol–water partition coefficient (Wildman–Crippen LogP) is 1.43. The van der Waals surface area contributed by atoms with Crippen LogP contribution in [-0.4, -0.2) is 24.7 Å². The van der Waals surface area contributed by atoms with Gasteiger partial charge in [-0.15, -0.1) is 0 Å². The fourth-order valence-electron chi connectivity index (χ4n) is 3.37. The van der Waals surface area contributed by atoms with Gasteiger partial charge < -0.3 is 10.0 Å². The number of quaternary nitrogens is 1. The molecule has 2 nitrogen and oxygen atoms in total. The molecule has 1 heterocycles. The van der Waals surface area contributed by atoms with Crippen molar-refractivity contribution in [3.8, 4) is 0 Å². The van der Waals surface area contributed by atoms with Crippen molar-refractivity contribution in [1.82, 2.24) is 0 Å². The second-order valence-corrected chi connectivity index (χ2v) is 6.30. The van der Waals surface area contributed by atoms with Gasteiger partial charge in [0.15, 0.2) is 0 Å². The summed E-state index contributed by atoms with van der Waals surface area (Å²) in [5, 5.41) is 11.2. The summed E-state index contributed by atoms with van der Waals surface area (Å²) < 4.78 is 0. The highest BCUT2D eigenvalue weighted by Gasteiger charge is 2.45. The Hall–Kier alpha value is -0.860. The van der Waals surface area contributed by atoms with E-state index in [1.807, 2.05) is 0 Å². The molecule has 1 saturated heterocycles. The maximum Gasteiger partial charge on any atom is 0.103 e. The van der Waals surface area contributed by atoms with Gasteiger partial charge >= 0.3 is 0 Å². The predicted molar refractivity (Wildman–Crippen MR) is 74.8 cm³/mol. The van der Waals surface area contributed by atoms with Gasteiger partial charge in [-0.25, -0.2) is 0 Å². The van der Waals surface area contributed by atoms with Gasteiger partial charge in [0.25, 0.3) is 0 Å². The molecule has 0 aromatic heterocycles. The quantitative estimate of drug-likeness (QED) is 0.772. The van der Waals surface area contributed by atoms with Crippen LogP contribution in [0.25, 0.3) is 0 Å². The largest absolute Gasteiger partial charge is 0.384 e. The molecule has 1 unspecified atom stereocenters. The summed E-state index contributed by atoms with van der Waals surface area (Å²) in [5.74, 6) is 0.301. The minimum atomic E-state index is -0.656. The summed E-state index contributed by atoms with van der Waals surface area (Å²) in [7, 11) is 2.22. The Kier molecular flexibility index (Phi) is 3.52. The van der Waals surface area contributed by atoms with Crippen LogP contribution in [0.4, 0.5) is 0 Å². The van der Waals surface area contributed by atoms with Crippen LogP contribution in [-0.2, 0) is 5.60 Å². The first-order chi connectivity index (χ1) is 8.34. The summed E-state index contributed by atoms with van der Waals surface area (Å²) in [6.07, 6.45) is 0.851. The standard InChI is InChI=1S/C16H25NO/c1-11-6-7-15(12(2)8-11)16(18)9-14(4)17(5)10-13(16)3/h6-8,13-14,18H,9-10H2,1-5H3/p+1/t13-,14+,16-/m0/s1. The van der Waals surface area contributed by atoms with E-state index in [4.69, 9.17) is 0 Å². The third-order valence-electron chi connectivity index (χ3n) is 4.75. The SMILES string of the molecule is Cc1ccc([C@]2(O)C[C@@H](C)[NH+](C)C[C@@H]2C)c(C)c1. The van der Waals surface area contributed by atoms with E-state index < -0.39 is 5.60 Å². The van der Waals surface area contributed by atoms with Crippen LogP contribution in [0.5, 0.6) is 0 Å². The smallest absolute Gasteiger partial charge is 0.103 e. The highest BCUT2D eigenvalue weighted by Crippen LogP contribution is 2.37. The van der Waals surface area contributed by atoms with E-state index in [1.165, 1.54) is 16.0 Å². The van der Waals surface area contributed by atoms with Crippen molar-refractivity contribution >= 4 is 0 Å². The minimum absolute atomic E-state index is 0.301. The molecule has 100 valence electrons. The van der Waals surface area contributed by atoms with Gasteiger partial charge in [-0.2, -0.15) is 0 Å². The summed E-state index contributed by atoms with van der Waals surface area (Å²) >= 11 is 0. The lowest BCUT2D eigenvalue weighted by atomic mass is 9.73. The first-order valence-electron chi connectivity index (χ1n) is 6.97. The molecule has 1 aromatic rings. The monoisotopic (exact) mass is 248 g/mol. The molecular formula is C16H26NO+. The lowest BCUT2D eigenvalue weighted by molar-refractivity contribution is -0.916. The number of benzene rings is 1. The van der Waals surface area contributed by atoms with Gasteiger partial charge in [-0.1, -0.05) is 30.7 Å². The number of aliphatic hydroxyl groups is 1. The van der Waals surface area contributed by atoms with Gasteiger partial charge in [0.2, 0.25) is 0 Å². The topological polar surface area (TPSA) is 24.7 Å². The van der Waals surface area contributed by atoms with Crippen molar-refractivity contribution < 1.29 is 10.0 Å². The molecule has 1 fully saturated rings. The maximum absolute atomic E-state index is 11.2. The Morgan fingerprint density at radius 2 is 1.94 bits per heavy atom. The minimum Gasteiger partial charge on any atom is -0.384 e. The number of piperidine rings is 1. The molecule has 2 N–H and O–H groups in total. The van der Waals surface area contributed by atoms with Gasteiger partial charge in [-0.3, -0.25) is 0 Å². The van der Waals surface area contributed by atoms with Crippen LogP contribution in [0.3, 0.4) is 0 Å². The van der Waals surface area contributed by atoms with E-state index in [0.717, 1.165) is 18.5 Å². The van der Waals surface area contributed by atoms with Crippen molar-refractivity contribution in [3.05, 3.63) is 34.9 Å². The molecule has 0 saturated carbocycles. The van der Waals surface area contributed by atoms with E-state index in [9.17, 15) is 5.11 Å². The fourth-order valence-corrected chi connectivity index (χ4v) is 3.37. The molecule has 1 aliphatic heterocycles. The van der Waals surface area contributed by atoms with Crippen LogP contribution < -0.4 is 4.90 Å². The molecule has 4 atom stereocenters. The van der Waals surface area contributed by atoms with Gasteiger partial charge in [0, 0.05) is 12.3 Å². The van der Waals surface area contributed by atoms with Crippen LogP contribution >= 0.6 is 0 Å². The summed E-state index contributed by atoms with van der Waals surface area (Å²) in [6, 6.07) is 6.92. The fraction of sp³-hybridized carbons (Fsp3) is 0.625. The highest BCUT2D eigenvalue weighted by atomic mass is 16.3.